The van der Waals surface area contributed by atoms with E-state index < -0.39 is 24.6 Å². The summed E-state index contributed by atoms with van der Waals surface area (Å²) in [6, 6.07) is 16.3. The maximum Gasteiger partial charge on any atom is 0.133 e. The Bertz CT molecular complexity index is 912. The van der Waals surface area contributed by atoms with Crippen LogP contribution in [0.25, 0.3) is 11.3 Å². The third-order valence-corrected chi connectivity index (χ3v) is 4.08. The molecule has 1 heterocycles. The predicted octanol–water partition coefficient (Wildman–Crippen LogP) is 3.76. The van der Waals surface area contributed by atoms with Gasteiger partial charge in [-0.2, -0.15) is 0 Å². The topological polar surface area (TPSA) is 82.8 Å². The highest BCUT2D eigenvalue weighted by Gasteiger charge is 2.12. The van der Waals surface area contributed by atoms with E-state index in [0.717, 1.165) is 5.56 Å². The van der Waals surface area contributed by atoms with Crippen molar-refractivity contribution in [3.05, 3.63) is 77.7 Å². The van der Waals surface area contributed by atoms with Gasteiger partial charge in [0.05, 0.1) is 24.1 Å². The van der Waals surface area contributed by atoms with Crippen molar-refractivity contribution in [2.75, 3.05) is 6.61 Å². The molecule has 0 fully saturated rings. The molecule has 0 radical (unpaired) electrons. The molecular weight excluding hydrogens is 349 g/mol. The molecule has 0 amide bonds. The number of aliphatic hydroxyl groups is 3. The van der Waals surface area contributed by atoms with Gasteiger partial charge in [0.25, 0.3) is 0 Å². The minimum atomic E-state index is -1.02. The number of pyridine rings is 1. The van der Waals surface area contributed by atoms with Crippen LogP contribution in [0.2, 0.25) is 0 Å². The number of hydrogen-bond donors (Lipinski definition) is 3. The lowest BCUT2D eigenvalue weighted by Crippen LogP contribution is -2.05. The van der Waals surface area contributed by atoms with Crippen LogP contribution in [0, 0.1) is 5.82 Å². The van der Waals surface area contributed by atoms with Gasteiger partial charge in [-0.25, -0.2) is 9.37 Å². The van der Waals surface area contributed by atoms with Gasteiger partial charge in [0.2, 0.25) is 0 Å². The van der Waals surface area contributed by atoms with E-state index in [1.165, 1.54) is 18.2 Å². The maximum absolute atomic E-state index is 13.4. The van der Waals surface area contributed by atoms with E-state index in [-0.39, 0.29) is 0 Å². The number of rotatable bonds is 6. The van der Waals surface area contributed by atoms with E-state index in [9.17, 15) is 14.6 Å². The summed E-state index contributed by atoms with van der Waals surface area (Å²) in [5, 5.41) is 28.6. The fourth-order valence-electron chi connectivity index (χ4n) is 2.65. The van der Waals surface area contributed by atoms with Crippen LogP contribution in [0.15, 0.2) is 60.7 Å². The number of nitrogens with zero attached hydrogens (tertiary/aromatic N) is 1. The third kappa shape index (κ3) is 4.49. The Labute approximate surface area is 156 Å². The molecule has 0 aliphatic heterocycles. The molecule has 1 aromatic heterocycles. The van der Waals surface area contributed by atoms with Crippen LogP contribution in [0.4, 0.5) is 4.39 Å². The Morgan fingerprint density at radius 3 is 2.44 bits per heavy atom. The molecular formula is C21H20FNO4. The number of ether oxygens (including phenoxy) is 1. The van der Waals surface area contributed by atoms with E-state index >= 15 is 0 Å². The molecule has 5 nitrogen and oxygen atoms in total. The van der Waals surface area contributed by atoms with Gasteiger partial charge in [-0.05, 0) is 61.5 Å². The SMILES string of the molecule is CC(O)c1cc(F)ccc1Oc1ccc(-c2cccc([C@H](O)CO)n2)cc1. The first-order chi connectivity index (χ1) is 13.0. The van der Waals surface area contributed by atoms with Crippen LogP contribution in [0.1, 0.15) is 30.4 Å². The lowest BCUT2D eigenvalue weighted by molar-refractivity contribution is 0.0923. The molecule has 0 saturated carbocycles. The fourth-order valence-corrected chi connectivity index (χ4v) is 2.65. The van der Waals surface area contributed by atoms with E-state index in [4.69, 9.17) is 9.84 Å². The molecule has 0 bridgehead atoms. The highest BCUT2D eigenvalue weighted by atomic mass is 19.1. The van der Waals surface area contributed by atoms with Gasteiger partial charge >= 0.3 is 0 Å². The van der Waals surface area contributed by atoms with E-state index in [1.54, 1.807) is 49.4 Å². The van der Waals surface area contributed by atoms with E-state index in [2.05, 4.69) is 4.98 Å². The zero-order valence-corrected chi connectivity index (χ0v) is 14.7. The molecule has 2 aromatic carbocycles. The van der Waals surface area contributed by atoms with Gasteiger partial charge in [0.15, 0.2) is 0 Å². The number of aromatic nitrogens is 1. The van der Waals surface area contributed by atoms with Crippen molar-refractivity contribution >= 4 is 0 Å². The highest BCUT2D eigenvalue weighted by molar-refractivity contribution is 5.60. The van der Waals surface area contributed by atoms with Crippen molar-refractivity contribution in [3.63, 3.8) is 0 Å². The lowest BCUT2D eigenvalue weighted by Gasteiger charge is -2.14. The van der Waals surface area contributed by atoms with Gasteiger partial charge in [-0.15, -0.1) is 0 Å². The minimum Gasteiger partial charge on any atom is -0.457 e. The molecule has 1 unspecified atom stereocenters. The standard InChI is InChI=1S/C21H20FNO4/c1-13(25)17-11-15(22)7-10-21(17)27-16-8-5-14(6-9-16)18-3-2-4-19(23-18)20(26)12-24/h2-11,13,20,24-26H,12H2,1H3/t13?,20-/m1/s1. The Kier molecular flexibility index (Phi) is 5.81. The van der Waals surface area contributed by atoms with Crippen molar-refractivity contribution in [2.45, 2.75) is 19.1 Å². The zero-order valence-electron chi connectivity index (χ0n) is 14.7. The van der Waals surface area contributed by atoms with E-state index in [0.29, 0.717) is 28.5 Å². The van der Waals surface area contributed by atoms with Crippen molar-refractivity contribution < 1.29 is 24.4 Å². The fraction of sp³-hybridized carbons (Fsp3) is 0.190. The highest BCUT2D eigenvalue weighted by Crippen LogP contribution is 2.31. The Hall–Kier alpha value is -2.80. The second kappa shape index (κ2) is 8.26. The Morgan fingerprint density at radius 2 is 1.78 bits per heavy atom. The number of benzene rings is 2. The van der Waals surface area contributed by atoms with Crippen LogP contribution in [-0.2, 0) is 0 Å². The van der Waals surface area contributed by atoms with Gasteiger partial charge in [0.1, 0.15) is 23.4 Å². The summed E-state index contributed by atoms with van der Waals surface area (Å²) < 4.78 is 19.2. The summed E-state index contributed by atoms with van der Waals surface area (Å²) in [5.41, 5.74) is 2.22. The average Bonchev–Trinajstić information content (AvgIpc) is 2.69. The minimum absolute atomic E-state index is 0.367. The smallest absolute Gasteiger partial charge is 0.133 e. The largest absolute Gasteiger partial charge is 0.457 e. The molecule has 0 spiro atoms. The summed E-state index contributed by atoms with van der Waals surface area (Å²) in [6.45, 7) is 1.15. The van der Waals surface area contributed by atoms with Gasteiger partial charge in [0, 0.05) is 11.1 Å². The molecule has 3 rings (SSSR count). The van der Waals surface area contributed by atoms with Crippen molar-refractivity contribution in [3.8, 4) is 22.8 Å². The van der Waals surface area contributed by atoms with Gasteiger partial charge in [-0.1, -0.05) is 6.07 Å². The molecule has 0 aliphatic carbocycles. The normalized spacial score (nSPS) is 13.2. The van der Waals surface area contributed by atoms with Gasteiger partial charge in [-0.3, -0.25) is 0 Å². The van der Waals surface area contributed by atoms with Crippen molar-refractivity contribution in [1.29, 1.82) is 0 Å². The summed E-state index contributed by atoms with van der Waals surface area (Å²) in [6.07, 6.45) is -1.88. The Balaban J connectivity index is 1.83. The van der Waals surface area contributed by atoms with Crippen molar-refractivity contribution in [2.24, 2.45) is 0 Å². The maximum atomic E-state index is 13.4. The molecule has 27 heavy (non-hydrogen) atoms. The molecule has 0 aliphatic rings. The average molecular weight is 369 g/mol. The number of aliphatic hydroxyl groups excluding tert-OH is 3. The summed E-state index contributed by atoms with van der Waals surface area (Å²) in [4.78, 5) is 4.35. The Morgan fingerprint density at radius 1 is 1.04 bits per heavy atom. The molecule has 6 heteroatoms. The summed E-state index contributed by atoms with van der Waals surface area (Å²) >= 11 is 0. The second-order valence-electron chi connectivity index (χ2n) is 6.13. The number of halogens is 1. The first-order valence-corrected chi connectivity index (χ1v) is 8.49. The van der Waals surface area contributed by atoms with Crippen LogP contribution in [-0.4, -0.2) is 26.9 Å². The molecule has 2 atom stereocenters. The molecule has 140 valence electrons. The molecule has 3 N–H and O–H groups in total. The number of hydrogen-bond acceptors (Lipinski definition) is 5. The van der Waals surface area contributed by atoms with Crippen LogP contribution in [0.3, 0.4) is 0 Å². The summed E-state index contributed by atoms with van der Waals surface area (Å²) in [7, 11) is 0. The van der Waals surface area contributed by atoms with Crippen LogP contribution in [0.5, 0.6) is 11.5 Å². The molecule has 3 aromatic rings. The first-order valence-electron chi connectivity index (χ1n) is 8.49. The molecule has 0 saturated heterocycles. The lowest BCUT2D eigenvalue weighted by atomic mass is 10.1. The quantitative estimate of drug-likeness (QED) is 0.616. The monoisotopic (exact) mass is 369 g/mol. The van der Waals surface area contributed by atoms with Gasteiger partial charge < -0.3 is 20.1 Å². The van der Waals surface area contributed by atoms with Crippen LogP contribution >= 0.6 is 0 Å². The predicted molar refractivity (Wildman–Crippen MR) is 98.8 cm³/mol. The summed E-state index contributed by atoms with van der Waals surface area (Å²) in [5.74, 6) is 0.466. The first kappa shape index (κ1) is 19.0. The zero-order chi connectivity index (χ0) is 19.4. The van der Waals surface area contributed by atoms with Crippen molar-refractivity contribution in [1.82, 2.24) is 4.98 Å². The van der Waals surface area contributed by atoms with E-state index in [1.807, 2.05) is 0 Å². The second-order valence-corrected chi connectivity index (χ2v) is 6.13. The third-order valence-electron chi connectivity index (χ3n) is 4.08. The van der Waals surface area contributed by atoms with Crippen LogP contribution < -0.4 is 4.74 Å².